The van der Waals surface area contributed by atoms with Crippen LogP contribution in [0.25, 0.3) is 16.7 Å². The second kappa shape index (κ2) is 6.20. The first-order chi connectivity index (χ1) is 12.3. The minimum Gasteiger partial charge on any atom is -0.462 e. The van der Waals surface area contributed by atoms with Crippen molar-refractivity contribution in [3.05, 3.63) is 60.4 Å². The second-order valence-corrected chi connectivity index (χ2v) is 5.28. The van der Waals surface area contributed by atoms with Crippen LogP contribution in [0, 0.1) is 0 Å². The third-order valence-corrected chi connectivity index (χ3v) is 3.68. The molecule has 0 radical (unpaired) electrons. The highest BCUT2D eigenvalue weighted by Gasteiger charge is 2.13. The maximum atomic E-state index is 11.7. The Kier molecular flexibility index (Phi) is 3.74. The second-order valence-electron chi connectivity index (χ2n) is 5.28. The molecule has 4 rings (SSSR count). The Balaban J connectivity index is 1.70. The van der Waals surface area contributed by atoms with Crippen LogP contribution in [0.1, 0.15) is 17.3 Å². The Morgan fingerprint density at radius 3 is 2.72 bits per heavy atom. The highest BCUT2D eigenvalue weighted by Crippen LogP contribution is 2.26. The number of benzene rings is 2. The molecular formula is C18H14N4O3. The van der Waals surface area contributed by atoms with E-state index in [1.165, 1.54) is 0 Å². The van der Waals surface area contributed by atoms with Gasteiger partial charge in [-0.2, -0.15) is 0 Å². The van der Waals surface area contributed by atoms with Gasteiger partial charge in [-0.25, -0.2) is 9.78 Å². The van der Waals surface area contributed by atoms with E-state index in [1.807, 2.05) is 28.7 Å². The summed E-state index contributed by atoms with van der Waals surface area (Å²) in [6.07, 6.45) is 1.62. The lowest BCUT2D eigenvalue weighted by atomic mass is 10.2. The van der Waals surface area contributed by atoms with Crippen LogP contribution in [-0.4, -0.2) is 32.2 Å². The lowest BCUT2D eigenvalue weighted by Gasteiger charge is -2.08. The summed E-state index contributed by atoms with van der Waals surface area (Å²) in [5.41, 5.74) is 2.65. The number of esters is 1. The molecule has 0 aliphatic carbocycles. The predicted octanol–water partition coefficient (Wildman–Crippen LogP) is 3.25. The molecule has 7 heteroatoms. The van der Waals surface area contributed by atoms with Crippen LogP contribution in [0.5, 0.6) is 11.6 Å². The van der Waals surface area contributed by atoms with Gasteiger partial charge < -0.3 is 9.47 Å². The van der Waals surface area contributed by atoms with Crippen molar-refractivity contribution >= 4 is 22.6 Å². The van der Waals surface area contributed by atoms with Crippen LogP contribution >= 0.6 is 0 Å². The summed E-state index contributed by atoms with van der Waals surface area (Å²) in [5, 5.41) is 8.03. The molecule has 0 spiro atoms. The monoisotopic (exact) mass is 334 g/mol. The molecule has 2 heterocycles. The molecule has 0 aliphatic heterocycles. The van der Waals surface area contributed by atoms with Crippen molar-refractivity contribution in [2.75, 3.05) is 6.61 Å². The third kappa shape index (κ3) is 2.76. The number of hydrogen-bond donors (Lipinski definition) is 0. The van der Waals surface area contributed by atoms with Gasteiger partial charge in [-0.15, -0.1) is 10.2 Å². The van der Waals surface area contributed by atoms with Gasteiger partial charge in [0, 0.05) is 0 Å². The highest BCUT2D eigenvalue weighted by molar-refractivity contribution is 5.89. The first kappa shape index (κ1) is 15.1. The Morgan fingerprint density at radius 2 is 1.92 bits per heavy atom. The minimum atomic E-state index is -0.363. The van der Waals surface area contributed by atoms with Gasteiger partial charge in [-0.1, -0.05) is 12.1 Å². The zero-order chi connectivity index (χ0) is 17.2. The molecule has 0 aliphatic rings. The molecule has 0 saturated carbocycles. The van der Waals surface area contributed by atoms with Crippen LogP contribution in [0.15, 0.2) is 54.9 Å². The van der Waals surface area contributed by atoms with E-state index in [0.29, 0.717) is 29.4 Å². The van der Waals surface area contributed by atoms with Crippen molar-refractivity contribution in [2.45, 2.75) is 6.92 Å². The maximum absolute atomic E-state index is 11.7. The standard InChI is InChI=1S/C18H14N4O3/c1-2-24-18(23)12-7-9-13(10-8-12)25-17-16-21-19-11-22(16)15-6-4-3-5-14(15)20-17/h3-11H,2H2,1H3. The van der Waals surface area contributed by atoms with Crippen molar-refractivity contribution < 1.29 is 14.3 Å². The zero-order valence-electron chi connectivity index (χ0n) is 13.4. The van der Waals surface area contributed by atoms with Crippen molar-refractivity contribution in [3.63, 3.8) is 0 Å². The van der Waals surface area contributed by atoms with E-state index in [4.69, 9.17) is 9.47 Å². The Bertz CT molecular complexity index is 1060. The lowest BCUT2D eigenvalue weighted by molar-refractivity contribution is 0.0526. The first-order valence-corrected chi connectivity index (χ1v) is 7.80. The van der Waals surface area contributed by atoms with E-state index in [2.05, 4.69) is 15.2 Å². The van der Waals surface area contributed by atoms with Crippen LogP contribution in [-0.2, 0) is 4.74 Å². The summed E-state index contributed by atoms with van der Waals surface area (Å²) in [4.78, 5) is 16.2. The van der Waals surface area contributed by atoms with Gasteiger partial charge >= 0.3 is 5.97 Å². The molecule has 0 bridgehead atoms. The zero-order valence-corrected chi connectivity index (χ0v) is 13.4. The van der Waals surface area contributed by atoms with Crippen LogP contribution in [0.2, 0.25) is 0 Å². The van der Waals surface area contributed by atoms with E-state index in [1.54, 1.807) is 37.5 Å². The van der Waals surface area contributed by atoms with Gasteiger partial charge in [0.2, 0.25) is 5.65 Å². The fourth-order valence-corrected chi connectivity index (χ4v) is 2.53. The molecule has 4 aromatic rings. The topological polar surface area (TPSA) is 78.6 Å². The number of carbonyl (C=O) groups excluding carboxylic acids is 1. The van der Waals surface area contributed by atoms with Gasteiger partial charge in [0.05, 0.1) is 23.2 Å². The van der Waals surface area contributed by atoms with Crippen LogP contribution in [0.4, 0.5) is 0 Å². The summed E-state index contributed by atoms with van der Waals surface area (Å²) >= 11 is 0. The number of aromatic nitrogens is 4. The molecule has 2 aromatic carbocycles. The average Bonchev–Trinajstić information content (AvgIpc) is 3.13. The Morgan fingerprint density at radius 1 is 1.12 bits per heavy atom. The number of hydrogen-bond acceptors (Lipinski definition) is 6. The molecule has 0 amide bonds. The van der Waals surface area contributed by atoms with Crippen molar-refractivity contribution in [3.8, 4) is 11.6 Å². The fraction of sp³-hybridized carbons (Fsp3) is 0.111. The van der Waals surface area contributed by atoms with Gasteiger partial charge in [-0.3, -0.25) is 4.40 Å². The summed E-state index contributed by atoms with van der Waals surface area (Å²) in [6, 6.07) is 14.3. The van der Waals surface area contributed by atoms with E-state index in [0.717, 1.165) is 11.0 Å². The smallest absolute Gasteiger partial charge is 0.338 e. The van der Waals surface area contributed by atoms with E-state index in [9.17, 15) is 4.79 Å². The molecule has 0 atom stereocenters. The number of carbonyl (C=O) groups is 1. The molecule has 7 nitrogen and oxygen atoms in total. The van der Waals surface area contributed by atoms with Gasteiger partial charge in [0.15, 0.2) is 0 Å². The third-order valence-electron chi connectivity index (χ3n) is 3.68. The molecule has 0 unspecified atom stereocenters. The summed E-state index contributed by atoms with van der Waals surface area (Å²) in [6.45, 7) is 2.10. The lowest BCUT2D eigenvalue weighted by Crippen LogP contribution is -2.04. The maximum Gasteiger partial charge on any atom is 0.338 e. The molecule has 25 heavy (non-hydrogen) atoms. The molecular weight excluding hydrogens is 320 g/mol. The number of ether oxygens (including phenoxy) is 2. The molecule has 124 valence electrons. The molecule has 0 N–H and O–H groups in total. The predicted molar refractivity (Wildman–Crippen MR) is 90.8 cm³/mol. The number of nitrogens with zero attached hydrogens (tertiary/aromatic N) is 4. The van der Waals surface area contributed by atoms with E-state index >= 15 is 0 Å². The van der Waals surface area contributed by atoms with E-state index in [-0.39, 0.29) is 5.97 Å². The fourth-order valence-electron chi connectivity index (χ4n) is 2.53. The quantitative estimate of drug-likeness (QED) is 0.533. The number of fused-ring (bicyclic) bond motifs is 3. The van der Waals surface area contributed by atoms with Gasteiger partial charge in [0.25, 0.3) is 5.88 Å². The van der Waals surface area contributed by atoms with E-state index < -0.39 is 0 Å². The average molecular weight is 334 g/mol. The number of para-hydroxylation sites is 2. The SMILES string of the molecule is CCOC(=O)c1ccc(Oc2nc3ccccc3n3cnnc23)cc1. The Hall–Kier alpha value is -3.48. The van der Waals surface area contributed by atoms with Crippen molar-refractivity contribution in [1.82, 2.24) is 19.6 Å². The molecule has 2 aromatic heterocycles. The van der Waals surface area contributed by atoms with Crippen molar-refractivity contribution in [2.24, 2.45) is 0 Å². The van der Waals surface area contributed by atoms with Crippen LogP contribution < -0.4 is 4.74 Å². The summed E-state index contributed by atoms with van der Waals surface area (Å²) in [7, 11) is 0. The van der Waals surface area contributed by atoms with Gasteiger partial charge in [0.1, 0.15) is 12.1 Å². The highest BCUT2D eigenvalue weighted by atomic mass is 16.5. The number of rotatable bonds is 4. The summed E-state index contributed by atoms with van der Waals surface area (Å²) < 4.78 is 12.7. The van der Waals surface area contributed by atoms with Gasteiger partial charge in [-0.05, 0) is 43.3 Å². The minimum absolute atomic E-state index is 0.336. The summed E-state index contributed by atoms with van der Waals surface area (Å²) in [5.74, 6) is 0.526. The molecule has 0 saturated heterocycles. The first-order valence-electron chi connectivity index (χ1n) is 7.80. The van der Waals surface area contributed by atoms with Crippen LogP contribution in [0.3, 0.4) is 0 Å². The van der Waals surface area contributed by atoms with Crippen molar-refractivity contribution in [1.29, 1.82) is 0 Å². The molecule has 0 fully saturated rings. The Labute approximate surface area is 142 Å². The largest absolute Gasteiger partial charge is 0.462 e. The normalized spacial score (nSPS) is 10.9.